The van der Waals surface area contributed by atoms with E-state index in [1.807, 2.05) is 6.08 Å². The van der Waals surface area contributed by atoms with Crippen molar-refractivity contribution in [3.8, 4) is 0 Å². The first-order valence-electron chi connectivity index (χ1n) is 14.5. The molecule has 5 nitrogen and oxygen atoms in total. The molecule has 4 aliphatic carbocycles. The van der Waals surface area contributed by atoms with Crippen molar-refractivity contribution in [2.75, 3.05) is 0 Å². The largest absolute Gasteiger partial charge is 0.462 e. The van der Waals surface area contributed by atoms with Crippen molar-refractivity contribution in [3.05, 3.63) is 11.6 Å². The minimum Gasteiger partial charge on any atom is -0.462 e. The van der Waals surface area contributed by atoms with Gasteiger partial charge in [-0.2, -0.15) is 0 Å². The molecular weight excluding hydrogens is 452 g/mol. The summed E-state index contributed by atoms with van der Waals surface area (Å²) in [6.45, 7) is 14.5. The highest BCUT2D eigenvalue weighted by Crippen LogP contribution is 2.66. The van der Waals surface area contributed by atoms with Crippen LogP contribution in [0.25, 0.3) is 0 Å². The van der Waals surface area contributed by atoms with Crippen molar-refractivity contribution < 1.29 is 23.9 Å². The molecule has 0 amide bonds. The summed E-state index contributed by atoms with van der Waals surface area (Å²) >= 11 is 0. The van der Waals surface area contributed by atoms with Crippen LogP contribution in [0.15, 0.2) is 11.6 Å². The topological polar surface area (TPSA) is 69.7 Å². The Kier molecular flexibility index (Phi) is 7.80. The summed E-state index contributed by atoms with van der Waals surface area (Å²) in [5, 5.41) is 0. The standard InChI is InChI=1S/C31H48O5/c1-18(2)28(36-21(5)33)11-8-19(3)24-9-10-25-29-26(13-15-31(24,25)7)30(6)14-12-23(35-20(4)32)16-22(30)17-27(29)34/h17-19,23-26,28-29H,8-16H2,1-7H3/t19-,23-,24+,25-,26-,28+,29-,30-,31+/m0/s1. The van der Waals surface area contributed by atoms with E-state index in [1.54, 1.807) is 0 Å². The Hall–Kier alpha value is -1.65. The molecular formula is C31H48O5. The number of rotatable bonds is 7. The number of fused-ring (bicyclic) bond motifs is 5. The molecule has 0 bridgehead atoms. The number of esters is 2. The second kappa shape index (κ2) is 10.3. The lowest BCUT2D eigenvalue weighted by Gasteiger charge is -2.57. The van der Waals surface area contributed by atoms with Gasteiger partial charge in [-0.25, -0.2) is 0 Å². The molecule has 0 aromatic rings. The number of hydrogen-bond acceptors (Lipinski definition) is 5. The van der Waals surface area contributed by atoms with E-state index in [9.17, 15) is 14.4 Å². The SMILES string of the molecule is CC(=O)O[C@H]1CC[C@@]2(C)C(=CC(=O)[C@H]3[C@@H]4CC[C@H]([C@@H](C)CC[C@@H](OC(C)=O)C(C)C)[C@@]4(C)CC[C@@H]32)C1. The molecule has 202 valence electrons. The molecule has 0 saturated heterocycles. The van der Waals surface area contributed by atoms with Gasteiger partial charge in [0.05, 0.1) is 0 Å². The number of carbonyl (C=O) groups excluding carboxylic acids is 3. The third-order valence-electron chi connectivity index (χ3n) is 11.0. The van der Waals surface area contributed by atoms with Gasteiger partial charge in [0, 0.05) is 26.2 Å². The molecule has 0 spiro atoms. The van der Waals surface area contributed by atoms with Crippen LogP contribution in [0.5, 0.6) is 0 Å². The first-order chi connectivity index (χ1) is 16.9. The van der Waals surface area contributed by atoms with Gasteiger partial charge in [-0.3, -0.25) is 14.4 Å². The molecule has 36 heavy (non-hydrogen) atoms. The number of ether oxygens (including phenoxy) is 2. The number of hydrogen-bond donors (Lipinski definition) is 0. The molecule has 0 N–H and O–H groups in total. The normalized spacial score (nSPS) is 39.4. The van der Waals surface area contributed by atoms with Gasteiger partial charge in [0.25, 0.3) is 0 Å². The predicted molar refractivity (Wildman–Crippen MR) is 140 cm³/mol. The lowest BCUT2D eigenvalue weighted by molar-refractivity contribution is -0.150. The number of allylic oxidation sites excluding steroid dienone is 1. The molecule has 0 aromatic carbocycles. The molecule has 0 radical (unpaired) electrons. The highest BCUT2D eigenvalue weighted by molar-refractivity contribution is 5.94. The van der Waals surface area contributed by atoms with Crippen molar-refractivity contribution in [1.29, 1.82) is 0 Å². The lowest BCUT2D eigenvalue weighted by Crippen LogP contribution is -2.53. The monoisotopic (exact) mass is 500 g/mol. The van der Waals surface area contributed by atoms with E-state index in [4.69, 9.17) is 9.47 Å². The average molecular weight is 501 g/mol. The van der Waals surface area contributed by atoms with Crippen LogP contribution >= 0.6 is 0 Å². The molecule has 0 aliphatic heterocycles. The lowest BCUT2D eigenvalue weighted by atomic mass is 9.46. The Morgan fingerprint density at radius 1 is 0.972 bits per heavy atom. The maximum absolute atomic E-state index is 13.7. The summed E-state index contributed by atoms with van der Waals surface area (Å²) in [6, 6.07) is 0. The van der Waals surface area contributed by atoms with Crippen LogP contribution in [-0.4, -0.2) is 29.9 Å². The van der Waals surface area contributed by atoms with E-state index < -0.39 is 0 Å². The van der Waals surface area contributed by atoms with Gasteiger partial charge in [-0.1, -0.05) is 40.2 Å². The van der Waals surface area contributed by atoms with E-state index >= 15 is 0 Å². The van der Waals surface area contributed by atoms with Gasteiger partial charge in [-0.15, -0.1) is 0 Å². The molecule has 4 aliphatic rings. The molecule has 5 heteroatoms. The van der Waals surface area contributed by atoms with Crippen LogP contribution in [0.3, 0.4) is 0 Å². The van der Waals surface area contributed by atoms with E-state index in [0.717, 1.165) is 38.5 Å². The molecule has 4 rings (SSSR count). The summed E-state index contributed by atoms with van der Waals surface area (Å²) in [5.74, 6) is 2.38. The highest BCUT2D eigenvalue weighted by atomic mass is 16.5. The smallest absolute Gasteiger partial charge is 0.302 e. The second-order valence-corrected chi connectivity index (χ2v) is 13.4. The van der Waals surface area contributed by atoms with Gasteiger partial charge in [0.1, 0.15) is 12.2 Å². The van der Waals surface area contributed by atoms with Gasteiger partial charge in [0.15, 0.2) is 5.78 Å². The maximum Gasteiger partial charge on any atom is 0.302 e. The number of ketones is 1. The zero-order chi connectivity index (χ0) is 26.4. The first kappa shape index (κ1) is 27.4. The fourth-order valence-corrected chi connectivity index (χ4v) is 9.05. The van der Waals surface area contributed by atoms with Crippen molar-refractivity contribution in [2.45, 2.75) is 118 Å². The Morgan fingerprint density at radius 2 is 1.69 bits per heavy atom. The van der Waals surface area contributed by atoms with Gasteiger partial charge in [0.2, 0.25) is 0 Å². The van der Waals surface area contributed by atoms with Crippen LogP contribution in [0, 0.1) is 46.3 Å². The third-order valence-corrected chi connectivity index (χ3v) is 11.0. The zero-order valence-corrected chi connectivity index (χ0v) is 23.6. The summed E-state index contributed by atoms with van der Waals surface area (Å²) in [4.78, 5) is 36.8. The molecule has 3 saturated carbocycles. The van der Waals surface area contributed by atoms with Crippen LogP contribution in [0.4, 0.5) is 0 Å². The quantitative estimate of drug-likeness (QED) is 0.365. The molecule has 3 fully saturated rings. The predicted octanol–water partition coefficient (Wildman–Crippen LogP) is 6.68. The van der Waals surface area contributed by atoms with E-state index in [1.165, 1.54) is 32.3 Å². The summed E-state index contributed by atoms with van der Waals surface area (Å²) < 4.78 is 11.2. The Bertz CT molecular complexity index is 905. The zero-order valence-electron chi connectivity index (χ0n) is 23.6. The highest BCUT2D eigenvalue weighted by Gasteiger charge is 2.61. The Morgan fingerprint density at radius 3 is 2.33 bits per heavy atom. The van der Waals surface area contributed by atoms with Gasteiger partial charge < -0.3 is 9.47 Å². The van der Waals surface area contributed by atoms with Crippen molar-refractivity contribution in [3.63, 3.8) is 0 Å². The van der Waals surface area contributed by atoms with Crippen molar-refractivity contribution in [1.82, 2.24) is 0 Å². The average Bonchev–Trinajstić information content (AvgIpc) is 3.14. The summed E-state index contributed by atoms with van der Waals surface area (Å²) in [7, 11) is 0. The fraction of sp³-hybridized carbons (Fsp3) is 0.839. The Balaban J connectivity index is 1.49. The third kappa shape index (κ3) is 4.92. The molecule has 0 unspecified atom stereocenters. The van der Waals surface area contributed by atoms with Gasteiger partial charge in [-0.05, 0) is 97.9 Å². The summed E-state index contributed by atoms with van der Waals surface area (Å²) in [6.07, 6.45) is 11.1. The van der Waals surface area contributed by atoms with Crippen LogP contribution in [0.1, 0.15) is 106 Å². The van der Waals surface area contributed by atoms with E-state index in [0.29, 0.717) is 41.8 Å². The van der Waals surface area contributed by atoms with Gasteiger partial charge >= 0.3 is 11.9 Å². The molecule has 0 aromatic heterocycles. The van der Waals surface area contributed by atoms with E-state index in [2.05, 4.69) is 34.6 Å². The molecule has 9 atom stereocenters. The van der Waals surface area contributed by atoms with Crippen molar-refractivity contribution >= 4 is 17.7 Å². The fourth-order valence-electron chi connectivity index (χ4n) is 9.05. The van der Waals surface area contributed by atoms with E-state index in [-0.39, 0.29) is 40.9 Å². The minimum atomic E-state index is -0.226. The Labute approximate surface area is 218 Å². The van der Waals surface area contributed by atoms with Crippen LogP contribution in [-0.2, 0) is 23.9 Å². The van der Waals surface area contributed by atoms with Crippen LogP contribution in [0.2, 0.25) is 0 Å². The second-order valence-electron chi connectivity index (χ2n) is 13.4. The van der Waals surface area contributed by atoms with Crippen molar-refractivity contribution in [2.24, 2.45) is 46.3 Å². The first-order valence-corrected chi connectivity index (χ1v) is 14.5. The maximum atomic E-state index is 13.7. The summed E-state index contributed by atoms with van der Waals surface area (Å²) in [5.41, 5.74) is 1.47. The number of carbonyl (C=O) groups is 3. The minimum absolute atomic E-state index is 0.0174. The molecule has 0 heterocycles. The van der Waals surface area contributed by atoms with Crippen LogP contribution < -0.4 is 0 Å².